The van der Waals surface area contributed by atoms with Crippen LogP contribution in [0.3, 0.4) is 0 Å². The highest BCUT2D eigenvalue weighted by Gasteiger charge is 2.46. The molecule has 2 aromatic carbocycles. The van der Waals surface area contributed by atoms with E-state index >= 15 is 0 Å². The van der Waals surface area contributed by atoms with Gasteiger partial charge in [0.2, 0.25) is 23.6 Å². The summed E-state index contributed by atoms with van der Waals surface area (Å²) in [5.41, 5.74) is 1.86. The molecule has 6 amide bonds. The number of nitrogens with one attached hydrogen (secondary N) is 4. The van der Waals surface area contributed by atoms with Gasteiger partial charge in [0.1, 0.15) is 17.9 Å². The fourth-order valence-electron chi connectivity index (χ4n) is 10.9. The van der Waals surface area contributed by atoms with Gasteiger partial charge in [0.15, 0.2) is 0 Å². The maximum absolute atomic E-state index is 14.1. The van der Waals surface area contributed by atoms with Crippen molar-refractivity contribution in [1.29, 1.82) is 0 Å². The number of carboxylic acid groups (broad SMARTS) is 3. The van der Waals surface area contributed by atoms with Crippen LogP contribution in [-0.4, -0.2) is 306 Å². The minimum atomic E-state index is -3.06. The van der Waals surface area contributed by atoms with Crippen molar-refractivity contribution >= 4 is 105 Å². The van der Waals surface area contributed by atoms with E-state index < -0.39 is 91.1 Å². The van der Waals surface area contributed by atoms with E-state index in [1.165, 1.54) is 37.3 Å². The van der Waals surface area contributed by atoms with Crippen LogP contribution in [0.5, 0.6) is 5.75 Å². The second-order valence-electron chi connectivity index (χ2n) is 22.9. The summed E-state index contributed by atoms with van der Waals surface area (Å²) in [5.74, 6) is -8.25. The molecule has 3 fully saturated rings. The molecule has 3 atom stereocenters. The van der Waals surface area contributed by atoms with Gasteiger partial charge in [0.25, 0.3) is 17.7 Å². The van der Waals surface area contributed by atoms with Crippen LogP contribution >= 0.6 is 34.4 Å². The molecule has 0 saturated carbocycles. The van der Waals surface area contributed by atoms with E-state index in [9.17, 15) is 72.4 Å². The predicted octanol–water partition coefficient (Wildman–Crippen LogP) is 0.509. The minimum absolute atomic E-state index is 0.0653. The van der Waals surface area contributed by atoms with Crippen LogP contribution in [0.25, 0.3) is 10.9 Å². The Hall–Kier alpha value is -6.75. The first-order valence-corrected chi connectivity index (χ1v) is 33.1. The number of aliphatic imine (C=N–C) groups is 1. The third kappa shape index (κ3) is 26.3. The van der Waals surface area contributed by atoms with Crippen LogP contribution in [0.1, 0.15) is 54.4 Å². The Morgan fingerprint density at radius 3 is 1.97 bits per heavy atom. The Morgan fingerprint density at radius 1 is 0.750 bits per heavy atom. The van der Waals surface area contributed by atoms with Gasteiger partial charge in [-0.1, -0.05) is 12.1 Å². The Morgan fingerprint density at radius 2 is 1.36 bits per heavy atom. The fraction of sp³-hybridized carbons (Fsp3) is 0.590. The molecule has 6 rings (SSSR count). The molecule has 0 aliphatic carbocycles. The molecule has 31 heteroatoms. The summed E-state index contributed by atoms with van der Waals surface area (Å²) in [4.78, 5) is 135. The number of carbonyl (C=O) groups is 9. The van der Waals surface area contributed by atoms with E-state index in [0.717, 1.165) is 20.5 Å². The number of likely N-dealkylation sites (tertiary alicyclic amines) is 1. The molecule has 3 saturated heterocycles. The molecule has 3 aliphatic rings. The number of hydrogen-bond acceptors (Lipinski definition) is 19. The number of rotatable bonds is 33. The number of alkyl halides is 2. The molecule has 3 aromatic rings. The number of carbonyl (C=O) groups excluding carboxylic acids is 6. The van der Waals surface area contributed by atoms with Gasteiger partial charge in [0.05, 0.1) is 63.0 Å². The second-order valence-corrected chi connectivity index (χ2v) is 25.3. The van der Waals surface area contributed by atoms with E-state index in [-0.39, 0.29) is 115 Å². The Balaban J connectivity index is 0.936. The SMILES string of the molecule is CN=C[C@H]1CC(F)(F)CN1C(=O)CNC(=O)c1ccnc2ccc(OCCCN3CCN(C(=O)[C@H](O)CSCCNC(=O)[C@H](CCCNC(=O)CCCc4ccc(I)cc4)NC(=O)CN4CCN(CC(=O)O)CCN(CC(=O)O)CCN(CC(=O)O)CC4)CC3)cc12. The number of carboxylic acids is 3. The van der Waals surface area contributed by atoms with Crippen molar-refractivity contribution < 1.29 is 77.1 Å². The number of ether oxygens (including phenoxy) is 1. The number of halogens is 3. The van der Waals surface area contributed by atoms with Gasteiger partial charge in [-0.05, 0) is 96.7 Å². The molecule has 92 heavy (non-hydrogen) atoms. The lowest BCUT2D eigenvalue weighted by Crippen LogP contribution is -2.52. The minimum Gasteiger partial charge on any atom is -0.494 e. The van der Waals surface area contributed by atoms with Crippen LogP contribution in [0, 0.1) is 3.57 Å². The molecule has 506 valence electrons. The number of aromatic nitrogens is 1. The molecule has 0 unspecified atom stereocenters. The third-order valence-electron chi connectivity index (χ3n) is 15.8. The number of hydrogen-bond donors (Lipinski definition) is 8. The predicted molar refractivity (Wildman–Crippen MR) is 348 cm³/mol. The summed E-state index contributed by atoms with van der Waals surface area (Å²) in [7, 11) is 1.44. The number of benzene rings is 2. The second kappa shape index (κ2) is 38.4. The highest BCUT2D eigenvalue weighted by molar-refractivity contribution is 14.1. The molecule has 0 bridgehead atoms. The van der Waals surface area contributed by atoms with Gasteiger partial charge in [-0.2, -0.15) is 11.8 Å². The Labute approximate surface area is 551 Å². The first kappa shape index (κ1) is 74.3. The first-order chi connectivity index (χ1) is 44.0. The average Bonchev–Trinajstić information content (AvgIpc) is 1.15. The molecule has 3 aliphatic heterocycles. The number of aliphatic carboxylic acids is 3. The molecule has 8 N–H and O–H groups in total. The van der Waals surface area contributed by atoms with Crippen LogP contribution in [0.4, 0.5) is 8.78 Å². The summed E-state index contributed by atoms with van der Waals surface area (Å²) in [5, 5.41) is 51.4. The van der Waals surface area contributed by atoms with Crippen molar-refractivity contribution in [2.45, 2.75) is 69.1 Å². The van der Waals surface area contributed by atoms with Gasteiger partial charge in [0, 0.05) is 151 Å². The topological polar surface area (TPSA) is 340 Å². The number of aryl methyl sites for hydroxylation is 1. The number of aliphatic hydroxyl groups is 1. The molecular weight excluding hydrogens is 1340 g/mol. The maximum atomic E-state index is 14.1. The smallest absolute Gasteiger partial charge is 0.317 e. The molecule has 27 nitrogen and oxygen atoms in total. The molecule has 1 aromatic heterocycles. The van der Waals surface area contributed by atoms with E-state index in [1.54, 1.807) is 42.7 Å². The number of thioether (sulfide) groups is 1. The van der Waals surface area contributed by atoms with Crippen molar-refractivity contribution in [3.05, 3.63) is 69.4 Å². The lowest BCUT2D eigenvalue weighted by molar-refractivity contribution is -0.141. The van der Waals surface area contributed by atoms with Gasteiger partial charge in [-0.15, -0.1) is 0 Å². The highest BCUT2D eigenvalue weighted by atomic mass is 127. The normalized spacial score (nSPS) is 18.1. The zero-order valence-electron chi connectivity index (χ0n) is 51.9. The summed E-state index contributed by atoms with van der Waals surface area (Å²) in [6, 6.07) is 12.8. The van der Waals surface area contributed by atoms with Crippen molar-refractivity contribution in [2.24, 2.45) is 4.99 Å². The van der Waals surface area contributed by atoms with Crippen LogP contribution < -0.4 is 26.0 Å². The maximum Gasteiger partial charge on any atom is 0.317 e. The number of amides is 6. The van der Waals surface area contributed by atoms with Gasteiger partial charge < -0.3 is 56.2 Å². The first-order valence-electron chi connectivity index (χ1n) is 30.8. The number of piperazine rings is 1. The number of aliphatic hydroxyl groups excluding tert-OH is 1. The van der Waals surface area contributed by atoms with Crippen molar-refractivity contribution in [3.63, 3.8) is 0 Å². The van der Waals surface area contributed by atoms with Crippen LogP contribution in [0.15, 0.2) is 59.7 Å². The zero-order valence-corrected chi connectivity index (χ0v) is 54.8. The Bertz CT molecular complexity index is 2960. The van der Waals surface area contributed by atoms with Crippen LogP contribution in [0.2, 0.25) is 0 Å². The number of nitrogens with zero attached hydrogens (tertiary/aromatic N) is 9. The molecule has 4 heterocycles. The lowest BCUT2D eigenvalue weighted by atomic mass is 10.1. The summed E-state index contributed by atoms with van der Waals surface area (Å²) < 4.78 is 35.4. The van der Waals surface area contributed by atoms with Crippen LogP contribution in [-0.2, 0) is 44.8 Å². The summed E-state index contributed by atoms with van der Waals surface area (Å²) in [6.07, 6.45) is 3.72. The number of fused-ring (bicyclic) bond motifs is 1. The zero-order chi connectivity index (χ0) is 66.6. The van der Waals surface area contributed by atoms with E-state index in [4.69, 9.17) is 4.74 Å². The Kier molecular flexibility index (Phi) is 31.0. The highest BCUT2D eigenvalue weighted by Crippen LogP contribution is 2.31. The summed E-state index contributed by atoms with van der Waals surface area (Å²) >= 11 is 3.50. The monoisotopic (exact) mass is 1420 g/mol. The third-order valence-corrected chi connectivity index (χ3v) is 17.5. The molecule has 0 radical (unpaired) electrons. The van der Waals surface area contributed by atoms with E-state index in [0.29, 0.717) is 87.4 Å². The van der Waals surface area contributed by atoms with Gasteiger partial charge in [-0.25, -0.2) is 8.78 Å². The van der Waals surface area contributed by atoms with E-state index in [2.05, 4.69) is 58.7 Å². The average molecular weight is 1420 g/mol. The van der Waals surface area contributed by atoms with Gasteiger partial charge in [-0.3, -0.25) is 77.6 Å². The van der Waals surface area contributed by atoms with Gasteiger partial charge >= 0.3 is 17.9 Å². The summed E-state index contributed by atoms with van der Waals surface area (Å²) in [6.45, 7) is 2.42. The quantitative estimate of drug-likeness (QED) is 0.0234. The van der Waals surface area contributed by atoms with Crippen molar-refractivity contribution in [3.8, 4) is 5.75 Å². The van der Waals surface area contributed by atoms with Crippen molar-refractivity contribution in [2.75, 3.05) is 163 Å². The lowest BCUT2D eigenvalue weighted by Gasteiger charge is -2.35. The molecule has 0 spiro atoms. The fourth-order valence-corrected chi connectivity index (χ4v) is 12.1. The van der Waals surface area contributed by atoms with E-state index in [1.807, 2.05) is 24.3 Å². The van der Waals surface area contributed by atoms with Crippen molar-refractivity contribution in [1.82, 2.24) is 60.6 Å². The standard InChI is InChI=1S/C61H86F2IN13O14S/c1-65-35-45-34-61(62,63)42-77(45)54(81)36-69-58(88)47-14-16-66-49-13-12-46(33-48(47)49)91-31-4-18-71-27-29-76(30-28-71)60(90)51(78)41-92-32-17-68-59(89)50(6-3-15-67-52(79)7-2-5-43-8-10-44(64)11-9-43)70-53(80)37-72-19-21-73(38-55(82)83)23-25-75(40-57(86)87)26-24-74(22-20-72)39-56(84)85/h8-14,16,33,35,45,50-51,78H,2-7,15,17-32,34,36-42H2,1H3,(H,67,79)(H,68,89)(H,69,88)(H,70,80)(H,82,83)(H,84,85)(H,86,87)/t45-,50+,51-/m1/s1. The number of pyridine rings is 1. The largest absolute Gasteiger partial charge is 0.494 e. The molecular formula is C61H86F2IN13O14S.